The van der Waals surface area contributed by atoms with Crippen LogP contribution in [0.25, 0.3) is 0 Å². The molecule has 0 aromatic rings. The minimum atomic E-state index is -0.620. The Morgan fingerprint density at radius 2 is 1.12 bits per heavy atom. The third kappa shape index (κ3) is 6.22. The maximum atomic E-state index is 2.45. The summed E-state index contributed by atoms with van der Waals surface area (Å²) in [6.45, 7) is 14.4. The van der Waals surface area contributed by atoms with E-state index < -0.39 is 23.2 Å². The van der Waals surface area contributed by atoms with E-state index in [2.05, 4.69) is 65.8 Å². The monoisotopic (exact) mass is 458 g/mol. The molecule has 0 radical (unpaired) electrons. The van der Waals surface area contributed by atoms with Crippen molar-refractivity contribution >= 4 is 0 Å². The largest absolute Gasteiger partial charge is 1.00 e. The molecular formula is C22H34Cl2Zr. The molecule has 0 N–H and O–H groups in total. The van der Waals surface area contributed by atoms with Crippen molar-refractivity contribution in [1.29, 1.82) is 0 Å². The van der Waals surface area contributed by atoms with E-state index in [9.17, 15) is 0 Å². The Hall–Kier alpha value is 0.423. The SMILES string of the molecule is CCCC(C)(C)C1=[C]([Zr+2][C]2=C(C(C)(C)CCC)C=CC2)CC=C1.[Cl-].[Cl-]. The van der Waals surface area contributed by atoms with Crippen molar-refractivity contribution < 1.29 is 48.0 Å². The van der Waals surface area contributed by atoms with Gasteiger partial charge in [0, 0.05) is 0 Å². The van der Waals surface area contributed by atoms with Crippen LogP contribution in [0.2, 0.25) is 0 Å². The quantitative estimate of drug-likeness (QED) is 0.510. The van der Waals surface area contributed by atoms with E-state index in [4.69, 9.17) is 0 Å². The molecule has 0 atom stereocenters. The molecule has 0 fully saturated rings. The Morgan fingerprint density at radius 1 is 0.760 bits per heavy atom. The topological polar surface area (TPSA) is 0 Å². The zero-order chi connectivity index (χ0) is 17.1. The second kappa shape index (κ2) is 10.7. The van der Waals surface area contributed by atoms with E-state index >= 15 is 0 Å². The molecule has 2 rings (SSSR count). The van der Waals surface area contributed by atoms with Crippen molar-refractivity contribution in [3.05, 3.63) is 42.0 Å². The van der Waals surface area contributed by atoms with Crippen molar-refractivity contribution in [2.24, 2.45) is 10.8 Å². The average molecular weight is 461 g/mol. The van der Waals surface area contributed by atoms with Crippen LogP contribution in [0.1, 0.15) is 80.1 Å². The van der Waals surface area contributed by atoms with Crippen molar-refractivity contribution in [2.45, 2.75) is 80.1 Å². The predicted octanol–water partition coefficient (Wildman–Crippen LogP) is 1.16. The molecule has 0 spiro atoms. The van der Waals surface area contributed by atoms with E-state index in [1.807, 2.05) is 6.56 Å². The van der Waals surface area contributed by atoms with E-state index in [1.165, 1.54) is 38.5 Å². The average Bonchev–Trinajstić information content (AvgIpc) is 3.08. The fourth-order valence-electron chi connectivity index (χ4n) is 4.22. The first-order valence-corrected chi connectivity index (χ1v) is 11.8. The molecule has 0 aromatic carbocycles. The predicted molar refractivity (Wildman–Crippen MR) is 98.9 cm³/mol. The van der Waals surface area contributed by atoms with Crippen molar-refractivity contribution in [3.8, 4) is 0 Å². The summed E-state index contributed by atoms with van der Waals surface area (Å²) in [7, 11) is 0. The fraction of sp³-hybridized carbons (Fsp3) is 0.636. The van der Waals surface area contributed by atoms with Crippen LogP contribution in [0, 0.1) is 10.8 Å². The van der Waals surface area contributed by atoms with Crippen LogP contribution in [0.4, 0.5) is 0 Å². The summed E-state index contributed by atoms with van der Waals surface area (Å²) >= 11 is -0.620. The minimum Gasteiger partial charge on any atom is -1.00 e. The van der Waals surface area contributed by atoms with Gasteiger partial charge < -0.3 is 24.8 Å². The molecule has 3 heteroatoms. The van der Waals surface area contributed by atoms with Gasteiger partial charge in [-0.05, 0) is 0 Å². The summed E-state index contributed by atoms with van der Waals surface area (Å²) in [5, 5.41) is 0. The van der Waals surface area contributed by atoms with Crippen molar-refractivity contribution in [1.82, 2.24) is 0 Å². The molecule has 0 aromatic heterocycles. The molecule has 0 bridgehead atoms. The first-order valence-electron chi connectivity index (χ1n) is 9.39. The van der Waals surface area contributed by atoms with Crippen LogP contribution < -0.4 is 24.8 Å². The smallest absolute Gasteiger partial charge is 1.00 e. The van der Waals surface area contributed by atoms with E-state index in [0.29, 0.717) is 10.8 Å². The summed E-state index contributed by atoms with van der Waals surface area (Å²) in [5.74, 6) is 0. The Morgan fingerprint density at radius 3 is 1.44 bits per heavy atom. The van der Waals surface area contributed by atoms with Crippen LogP contribution >= 0.6 is 0 Å². The van der Waals surface area contributed by atoms with Crippen LogP contribution in [-0.2, 0) is 23.2 Å². The van der Waals surface area contributed by atoms with Gasteiger partial charge in [-0.1, -0.05) is 0 Å². The van der Waals surface area contributed by atoms with E-state index in [0.717, 1.165) is 0 Å². The first kappa shape index (κ1) is 25.4. The first-order chi connectivity index (χ1) is 10.8. The summed E-state index contributed by atoms with van der Waals surface area (Å²) in [6, 6.07) is 0. The number of hydrogen-bond donors (Lipinski definition) is 0. The molecule has 0 unspecified atom stereocenters. The van der Waals surface area contributed by atoms with Crippen LogP contribution in [0.5, 0.6) is 0 Å². The van der Waals surface area contributed by atoms with E-state index in [-0.39, 0.29) is 24.8 Å². The molecule has 0 amide bonds. The van der Waals surface area contributed by atoms with Crippen molar-refractivity contribution in [2.75, 3.05) is 0 Å². The second-order valence-corrected chi connectivity index (χ2v) is 12.0. The van der Waals surface area contributed by atoms with Gasteiger partial charge in [-0.3, -0.25) is 0 Å². The summed E-state index contributed by atoms with van der Waals surface area (Å²) in [4.78, 5) is 0. The number of allylic oxidation sites excluding steroid dienone is 8. The zero-order valence-electron chi connectivity index (χ0n) is 16.8. The molecule has 2 aliphatic rings. The molecule has 0 heterocycles. The zero-order valence-corrected chi connectivity index (χ0v) is 20.8. The molecular weight excluding hydrogens is 426 g/mol. The van der Waals surface area contributed by atoms with Gasteiger partial charge in [0.1, 0.15) is 0 Å². The van der Waals surface area contributed by atoms with Gasteiger partial charge in [0.2, 0.25) is 0 Å². The van der Waals surface area contributed by atoms with Gasteiger partial charge in [-0.25, -0.2) is 0 Å². The molecule has 0 nitrogen and oxygen atoms in total. The standard InChI is InChI=1S/2C11H17.2ClH.Zr/c2*1-4-9-11(2,3)10-7-5-6-8-10;;;/h2*5,7H,4,6,9H2,1-3H3;2*1H;/q;;;;+2/p-2. The third-order valence-corrected chi connectivity index (χ3v) is 9.18. The third-order valence-electron chi connectivity index (χ3n) is 5.37. The molecule has 0 aliphatic heterocycles. The summed E-state index contributed by atoms with van der Waals surface area (Å²) in [5.41, 5.74) is 4.11. The Balaban J connectivity index is 0.00000288. The van der Waals surface area contributed by atoms with Gasteiger partial charge in [0.25, 0.3) is 0 Å². The van der Waals surface area contributed by atoms with Gasteiger partial charge in [0.05, 0.1) is 0 Å². The Kier molecular flexibility index (Phi) is 10.9. The van der Waals surface area contributed by atoms with Gasteiger partial charge in [-0.2, -0.15) is 0 Å². The molecule has 25 heavy (non-hydrogen) atoms. The van der Waals surface area contributed by atoms with Crippen molar-refractivity contribution in [3.63, 3.8) is 0 Å². The normalized spacial score (nSPS) is 16.9. The number of hydrogen-bond acceptors (Lipinski definition) is 0. The maximum absolute atomic E-state index is 2.45. The summed E-state index contributed by atoms with van der Waals surface area (Å²) in [6.07, 6.45) is 17.4. The Bertz CT molecular complexity index is 513. The number of rotatable bonds is 8. The molecule has 0 saturated heterocycles. The number of halogens is 2. The minimum absolute atomic E-state index is 0. The molecule has 140 valence electrons. The maximum Gasteiger partial charge on any atom is -1.00 e. The van der Waals surface area contributed by atoms with E-state index in [1.54, 1.807) is 11.1 Å². The van der Waals surface area contributed by atoms with Crippen LogP contribution in [-0.4, -0.2) is 0 Å². The van der Waals surface area contributed by atoms with Gasteiger partial charge in [-0.15, -0.1) is 0 Å². The molecule has 0 saturated carbocycles. The van der Waals surface area contributed by atoms with Crippen LogP contribution in [0.3, 0.4) is 0 Å². The Labute approximate surface area is 180 Å². The summed E-state index contributed by atoms with van der Waals surface area (Å²) < 4.78 is 3.69. The second-order valence-electron chi connectivity index (χ2n) is 8.39. The molecule has 2 aliphatic carbocycles. The van der Waals surface area contributed by atoms with Crippen LogP contribution in [0.15, 0.2) is 42.0 Å². The van der Waals surface area contributed by atoms with Gasteiger partial charge >= 0.3 is 156 Å². The van der Waals surface area contributed by atoms with Gasteiger partial charge in [0.15, 0.2) is 0 Å². The fourth-order valence-corrected chi connectivity index (χ4v) is 8.93.